The average molecular weight is 415 g/mol. The van der Waals surface area contributed by atoms with Gasteiger partial charge in [0.1, 0.15) is 0 Å². The number of nitrogens with zero attached hydrogens (tertiary/aromatic N) is 2. The van der Waals surface area contributed by atoms with E-state index in [1.807, 2.05) is 12.1 Å². The van der Waals surface area contributed by atoms with Crippen LogP contribution >= 0.6 is 15.9 Å². The highest BCUT2D eigenvalue weighted by Crippen LogP contribution is 2.30. The fourth-order valence-corrected chi connectivity index (χ4v) is 2.83. The van der Waals surface area contributed by atoms with E-state index in [-0.39, 0.29) is 11.6 Å². The number of carbonyl (C=O) groups excluding carboxylic acids is 1. The molecule has 1 heterocycles. The van der Waals surface area contributed by atoms with Gasteiger partial charge in [0, 0.05) is 52.7 Å². The first-order valence-corrected chi connectivity index (χ1v) is 8.64. The van der Waals surface area contributed by atoms with E-state index in [9.17, 15) is 14.9 Å². The van der Waals surface area contributed by atoms with E-state index < -0.39 is 4.92 Å². The molecule has 26 heavy (non-hydrogen) atoms. The molecule has 1 amide bonds. The van der Waals surface area contributed by atoms with Crippen LogP contribution in [0.3, 0.4) is 0 Å². The number of rotatable bonds is 6. The summed E-state index contributed by atoms with van der Waals surface area (Å²) in [6.07, 6.45) is 3.07. The van der Waals surface area contributed by atoms with E-state index in [1.165, 1.54) is 12.3 Å². The second-order valence-electron chi connectivity index (χ2n) is 5.50. The highest BCUT2D eigenvalue weighted by Gasteiger charge is 2.14. The minimum absolute atomic E-state index is 0.0159. The molecule has 0 fully saturated rings. The molecule has 0 bridgehead atoms. The van der Waals surface area contributed by atoms with Crippen LogP contribution in [0.15, 0.2) is 59.3 Å². The van der Waals surface area contributed by atoms with E-state index in [1.54, 1.807) is 30.5 Å². The molecule has 0 aliphatic carbocycles. The van der Waals surface area contributed by atoms with Crippen LogP contribution in [0.2, 0.25) is 0 Å². The lowest BCUT2D eigenvalue weighted by Crippen LogP contribution is -2.28. The standard InChI is InChI=1S/C18H15BrN4O3/c19-13-3-1-12(2-4-13)18(24)22-10-9-21-16-5-6-17(23(25)26)15-11-20-8-7-14(15)16/h1-8,11,21H,9-10H2,(H,22,24). The molecule has 2 N–H and O–H groups in total. The first-order valence-electron chi connectivity index (χ1n) is 7.85. The fourth-order valence-electron chi connectivity index (χ4n) is 2.57. The number of nitrogens with one attached hydrogen (secondary N) is 2. The van der Waals surface area contributed by atoms with Crippen LogP contribution in [0.4, 0.5) is 11.4 Å². The van der Waals surface area contributed by atoms with Gasteiger partial charge in [-0.05, 0) is 36.4 Å². The average Bonchev–Trinajstić information content (AvgIpc) is 2.65. The van der Waals surface area contributed by atoms with Crippen molar-refractivity contribution in [2.24, 2.45) is 0 Å². The molecule has 8 heteroatoms. The number of halogens is 1. The number of anilines is 1. The number of pyridine rings is 1. The van der Waals surface area contributed by atoms with Crippen LogP contribution in [-0.4, -0.2) is 28.9 Å². The summed E-state index contributed by atoms with van der Waals surface area (Å²) in [4.78, 5) is 26.7. The molecule has 0 atom stereocenters. The molecule has 0 saturated heterocycles. The fraction of sp³-hybridized carbons (Fsp3) is 0.111. The van der Waals surface area contributed by atoms with Gasteiger partial charge in [-0.3, -0.25) is 19.9 Å². The summed E-state index contributed by atoms with van der Waals surface area (Å²) < 4.78 is 0.912. The third-order valence-electron chi connectivity index (χ3n) is 3.82. The van der Waals surface area contributed by atoms with Gasteiger partial charge in [0.05, 0.1) is 10.3 Å². The van der Waals surface area contributed by atoms with Gasteiger partial charge in [0.25, 0.3) is 11.6 Å². The number of amides is 1. The van der Waals surface area contributed by atoms with E-state index in [0.717, 1.165) is 10.2 Å². The molecule has 0 spiro atoms. The van der Waals surface area contributed by atoms with Crippen LogP contribution in [0.1, 0.15) is 10.4 Å². The molecule has 132 valence electrons. The first-order chi connectivity index (χ1) is 12.6. The smallest absolute Gasteiger partial charge is 0.278 e. The predicted molar refractivity (Wildman–Crippen MR) is 103 cm³/mol. The number of benzene rings is 2. The summed E-state index contributed by atoms with van der Waals surface area (Å²) in [5.74, 6) is -0.156. The van der Waals surface area contributed by atoms with Crippen molar-refractivity contribution < 1.29 is 9.72 Å². The maximum atomic E-state index is 12.1. The first kappa shape index (κ1) is 17.8. The third-order valence-corrected chi connectivity index (χ3v) is 4.35. The number of nitro groups is 1. The number of carbonyl (C=O) groups is 1. The predicted octanol–water partition coefficient (Wildman–Crippen LogP) is 3.75. The Kier molecular flexibility index (Phi) is 5.43. The van der Waals surface area contributed by atoms with Gasteiger partial charge in [-0.15, -0.1) is 0 Å². The van der Waals surface area contributed by atoms with Crippen LogP contribution < -0.4 is 10.6 Å². The Morgan fingerprint density at radius 3 is 2.58 bits per heavy atom. The summed E-state index contributed by atoms with van der Waals surface area (Å²) in [6, 6.07) is 11.9. The van der Waals surface area contributed by atoms with E-state index >= 15 is 0 Å². The van der Waals surface area contributed by atoms with Gasteiger partial charge in [0.2, 0.25) is 0 Å². The van der Waals surface area contributed by atoms with Crippen molar-refractivity contribution in [1.82, 2.24) is 10.3 Å². The Balaban J connectivity index is 1.63. The Labute approximate surface area is 157 Å². The summed E-state index contributed by atoms with van der Waals surface area (Å²) >= 11 is 3.33. The summed E-state index contributed by atoms with van der Waals surface area (Å²) in [7, 11) is 0. The van der Waals surface area contributed by atoms with Crippen molar-refractivity contribution in [3.63, 3.8) is 0 Å². The maximum absolute atomic E-state index is 12.1. The SMILES string of the molecule is O=C(NCCNc1ccc([N+](=O)[O-])c2cnccc12)c1ccc(Br)cc1. The summed E-state index contributed by atoms with van der Waals surface area (Å²) in [5, 5.41) is 18.3. The second kappa shape index (κ2) is 7.92. The van der Waals surface area contributed by atoms with Crippen molar-refractivity contribution in [2.45, 2.75) is 0 Å². The molecular formula is C18H15BrN4O3. The molecule has 0 saturated carbocycles. The zero-order valence-electron chi connectivity index (χ0n) is 13.6. The normalized spacial score (nSPS) is 10.5. The maximum Gasteiger partial charge on any atom is 0.278 e. The summed E-state index contributed by atoms with van der Waals surface area (Å²) in [5.41, 5.74) is 1.35. The monoisotopic (exact) mass is 414 g/mol. The number of hydrogen-bond donors (Lipinski definition) is 2. The van der Waals surface area contributed by atoms with Gasteiger partial charge in [0.15, 0.2) is 0 Å². The van der Waals surface area contributed by atoms with Crippen LogP contribution in [0.5, 0.6) is 0 Å². The van der Waals surface area contributed by atoms with Gasteiger partial charge >= 0.3 is 0 Å². The minimum Gasteiger partial charge on any atom is -0.383 e. The molecule has 3 aromatic rings. The van der Waals surface area contributed by atoms with Crippen LogP contribution in [-0.2, 0) is 0 Å². The molecule has 7 nitrogen and oxygen atoms in total. The highest BCUT2D eigenvalue weighted by atomic mass is 79.9. The minimum atomic E-state index is -0.424. The quantitative estimate of drug-likeness (QED) is 0.363. The number of hydrogen-bond acceptors (Lipinski definition) is 5. The second-order valence-corrected chi connectivity index (χ2v) is 6.42. The van der Waals surface area contributed by atoms with Crippen molar-refractivity contribution in [3.05, 3.63) is 75.0 Å². The van der Waals surface area contributed by atoms with Gasteiger partial charge in [-0.1, -0.05) is 15.9 Å². The molecular weight excluding hydrogens is 400 g/mol. The highest BCUT2D eigenvalue weighted by molar-refractivity contribution is 9.10. The number of fused-ring (bicyclic) bond motifs is 1. The topological polar surface area (TPSA) is 97.2 Å². The summed E-state index contributed by atoms with van der Waals surface area (Å²) in [6.45, 7) is 0.899. The Bertz CT molecular complexity index is 960. The van der Waals surface area contributed by atoms with Crippen molar-refractivity contribution in [1.29, 1.82) is 0 Å². The Morgan fingerprint density at radius 2 is 1.85 bits per heavy atom. The van der Waals surface area contributed by atoms with Crippen molar-refractivity contribution in [3.8, 4) is 0 Å². The van der Waals surface area contributed by atoms with E-state index in [0.29, 0.717) is 29.4 Å². The Hall–Kier alpha value is -3.00. The van der Waals surface area contributed by atoms with Crippen LogP contribution in [0.25, 0.3) is 10.8 Å². The van der Waals surface area contributed by atoms with Gasteiger partial charge in [-0.25, -0.2) is 0 Å². The molecule has 2 aromatic carbocycles. The third kappa shape index (κ3) is 3.97. The van der Waals surface area contributed by atoms with Crippen LogP contribution in [0, 0.1) is 10.1 Å². The molecule has 0 unspecified atom stereocenters. The Morgan fingerprint density at radius 1 is 1.08 bits per heavy atom. The molecule has 1 aromatic heterocycles. The lowest BCUT2D eigenvalue weighted by atomic mass is 10.1. The lowest BCUT2D eigenvalue weighted by Gasteiger charge is -2.11. The molecule has 0 radical (unpaired) electrons. The van der Waals surface area contributed by atoms with Crippen molar-refractivity contribution in [2.75, 3.05) is 18.4 Å². The molecule has 0 aliphatic heterocycles. The zero-order valence-corrected chi connectivity index (χ0v) is 15.2. The molecule has 0 aliphatic rings. The van der Waals surface area contributed by atoms with Gasteiger partial charge in [-0.2, -0.15) is 0 Å². The lowest BCUT2D eigenvalue weighted by molar-refractivity contribution is -0.383. The largest absolute Gasteiger partial charge is 0.383 e. The van der Waals surface area contributed by atoms with E-state index in [4.69, 9.17) is 0 Å². The van der Waals surface area contributed by atoms with Gasteiger partial charge < -0.3 is 10.6 Å². The molecule has 3 rings (SSSR count). The zero-order chi connectivity index (χ0) is 18.5. The van der Waals surface area contributed by atoms with Crippen molar-refractivity contribution >= 4 is 44.0 Å². The number of aromatic nitrogens is 1. The number of non-ortho nitro benzene ring substituents is 1. The number of nitro benzene ring substituents is 1. The van der Waals surface area contributed by atoms with E-state index in [2.05, 4.69) is 31.5 Å².